The Morgan fingerprint density at radius 2 is 2.10 bits per heavy atom. The standard InChI is InChI=1S/C16H24N2O2/c1-13-5-6-14(2)15(11-13)20-12-16(19)18-8-4-7-17(3)9-10-18/h5-6,11H,4,7-10,12H2,1-3H3/p+1. The third kappa shape index (κ3) is 3.97. The molecule has 1 aliphatic rings. The molecule has 110 valence electrons. The molecule has 1 aromatic rings. The number of nitrogens with one attached hydrogen (secondary N) is 1. The summed E-state index contributed by atoms with van der Waals surface area (Å²) in [4.78, 5) is 15.6. The maximum atomic E-state index is 12.2. The monoisotopic (exact) mass is 277 g/mol. The SMILES string of the molecule is Cc1ccc(C)c(OCC(=O)N2CCC[NH+](C)CC2)c1. The van der Waals surface area contributed by atoms with Gasteiger partial charge in [0.25, 0.3) is 5.91 Å². The molecule has 1 fully saturated rings. The molecule has 1 unspecified atom stereocenters. The van der Waals surface area contributed by atoms with Gasteiger partial charge in [0.1, 0.15) is 5.75 Å². The quantitative estimate of drug-likeness (QED) is 0.869. The predicted molar refractivity (Wildman–Crippen MR) is 79.2 cm³/mol. The van der Waals surface area contributed by atoms with Crippen molar-refractivity contribution in [2.45, 2.75) is 20.3 Å². The van der Waals surface area contributed by atoms with E-state index in [2.05, 4.69) is 13.1 Å². The molecule has 0 saturated carbocycles. The Morgan fingerprint density at radius 1 is 1.30 bits per heavy atom. The zero-order chi connectivity index (χ0) is 14.5. The van der Waals surface area contributed by atoms with Gasteiger partial charge in [0.2, 0.25) is 0 Å². The summed E-state index contributed by atoms with van der Waals surface area (Å²) in [5, 5.41) is 0. The van der Waals surface area contributed by atoms with Gasteiger partial charge in [-0.25, -0.2) is 0 Å². The summed E-state index contributed by atoms with van der Waals surface area (Å²) in [6, 6.07) is 6.07. The van der Waals surface area contributed by atoms with Crippen LogP contribution in [0.5, 0.6) is 5.75 Å². The maximum absolute atomic E-state index is 12.2. The van der Waals surface area contributed by atoms with E-state index in [4.69, 9.17) is 4.74 Å². The lowest BCUT2D eigenvalue weighted by atomic mass is 10.1. The number of hydrogen-bond donors (Lipinski definition) is 1. The molecule has 1 aliphatic heterocycles. The molecule has 1 N–H and O–H groups in total. The van der Waals surface area contributed by atoms with Crippen molar-refractivity contribution < 1.29 is 14.4 Å². The van der Waals surface area contributed by atoms with Crippen molar-refractivity contribution in [2.75, 3.05) is 39.8 Å². The Bertz CT molecular complexity index is 474. The fourth-order valence-electron chi connectivity index (χ4n) is 2.48. The molecule has 0 aliphatic carbocycles. The summed E-state index contributed by atoms with van der Waals surface area (Å²) in [5.41, 5.74) is 2.22. The number of hydrogen-bond acceptors (Lipinski definition) is 2. The van der Waals surface area contributed by atoms with Gasteiger partial charge in [-0.1, -0.05) is 12.1 Å². The molecule has 0 spiro atoms. The number of amides is 1. The highest BCUT2D eigenvalue weighted by Gasteiger charge is 2.19. The van der Waals surface area contributed by atoms with E-state index < -0.39 is 0 Å². The van der Waals surface area contributed by atoms with Gasteiger partial charge in [-0.2, -0.15) is 0 Å². The molecule has 0 bridgehead atoms. The lowest BCUT2D eigenvalue weighted by Crippen LogP contribution is -3.09. The summed E-state index contributed by atoms with van der Waals surface area (Å²) >= 11 is 0. The normalized spacial score (nSPS) is 19.6. The van der Waals surface area contributed by atoms with Gasteiger partial charge in [0.05, 0.1) is 26.7 Å². The third-order valence-electron chi connectivity index (χ3n) is 3.89. The van der Waals surface area contributed by atoms with Gasteiger partial charge in [-0.15, -0.1) is 0 Å². The molecule has 4 nitrogen and oxygen atoms in total. The number of ether oxygens (including phenoxy) is 1. The van der Waals surface area contributed by atoms with E-state index in [0.29, 0.717) is 0 Å². The second-order valence-corrected chi connectivity index (χ2v) is 5.75. The molecule has 0 radical (unpaired) electrons. The number of likely N-dealkylation sites (N-methyl/N-ethyl adjacent to an activating group) is 1. The Kier molecular flexibility index (Phi) is 5.01. The first-order valence-electron chi connectivity index (χ1n) is 7.35. The predicted octanol–water partition coefficient (Wildman–Crippen LogP) is 0.429. The lowest BCUT2D eigenvalue weighted by molar-refractivity contribution is -0.877. The number of rotatable bonds is 3. The van der Waals surface area contributed by atoms with Crippen LogP contribution in [0.25, 0.3) is 0 Å². The van der Waals surface area contributed by atoms with Crippen LogP contribution in [-0.2, 0) is 4.79 Å². The number of quaternary nitrogens is 1. The van der Waals surface area contributed by atoms with Gasteiger partial charge >= 0.3 is 0 Å². The molecule has 1 aromatic carbocycles. The minimum Gasteiger partial charge on any atom is -0.483 e. The highest BCUT2D eigenvalue weighted by atomic mass is 16.5. The molecule has 20 heavy (non-hydrogen) atoms. The Morgan fingerprint density at radius 3 is 2.90 bits per heavy atom. The molecule has 1 amide bonds. The van der Waals surface area contributed by atoms with E-state index in [9.17, 15) is 4.79 Å². The summed E-state index contributed by atoms with van der Waals surface area (Å²) in [6.45, 7) is 8.03. The van der Waals surface area contributed by atoms with E-state index in [1.54, 1.807) is 0 Å². The van der Waals surface area contributed by atoms with Crippen molar-refractivity contribution in [3.63, 3.8) is 0 Å². The average molecular weight is 277 g/mol. The first-order chi connectivity index (χ1) is 9.56. The second-order valence-electron chi connectivity index (χ2n) is 5.75. The van der Waals surface area contributed by atoms with Crippen molar-refractivity contribution in [1.82, 2.24) is 4.90 Å². The number of nitrogens with zero attached hydrogens (tertiary/aromatic N) is 1. The van der Waals surface area contributed by atoms with Crippen LogP contribution in [0.4, 0.5) is 0 Å². The van der Waals surface area contributed by atoms with Crippen molar-refractivity contribution in [1.29, 1.82) is 0 Å². The molecule has 1 saturated heterocycles. The fraction of sp³-hybridized carbons (Fsp3) is 0.562. The third-order valence-corrected chi connectivity index (χ3v) is 3.89. The van der Waals surface area contributed by atoms with E-state index >= 15 is 0 Å². The first-order valence-corrected chi connectivity index (χ1v) is 7.35. The number of carbonyl (C=O) groups excluding carboxylic acids is 1. The highest BCUT2D eigenvalue weighted by Crippen LogP contribution is 2.19. The fourth-order valence-corrected chi connectivity index (χ4v) is 2.48. The lowest BCUT2D eigenvalue weighted by Gasteiger charge is -2.20. The average Bonchev–Trinajstić information content (AvgIpc) is 2.64. The van der Waals surface area contributed by atoms with Gasteiger partial charge in [-0.05, 0) is 31.0 Å². The Labute approximate surface area is 121 Å². The van der Waals surface area contributed by atoms with Crippen molar-refractivity contribution in [3.05, 3.63) is 29.3 Å². The van der Waals surface area contributed by atoms with Crippen LogP contribution >= 0.6 is 0 Å². The van der Waals surface area contributed by atoms with Crippen LogP contribution in [0.15, 0.2) is 18.2 Å². The van der Waals surface area contributed by atoms with Crippen LogP contribution in [0.2, 0.25) is 0 Å². The number of benzene rings is 1. The van der Waals surface area contributed by atoms with Crippen LogP contribution in [0, 0.1) is 13.8 Å². The molecule has 4 heteroatoms. The molecular formula is C16H25N2O2+. The smallest absolute Gasteiger partial charge is 0.260 e. The molecule has 0 aromatic heterocycles. The van der Waals surface area contributed by atoms with Crippen molar-refractivity contribution in [3.8, 4) is 5.75 Å². The van der Waals surface area contributed by atoms with Crippen molar-refractivity contribution in [2.24, 2.45) is 0 Å². The van der Waals surface area contributed by atoms with Crippen LogP contribution in [0.3, 0.4) is 0 Å². The zero-order valence-electron chi connectivity index (χ0n) is 12.7. The first kappa shape index (κ1) is 14.9. The van der Waals surface area contributed by atoms with E-state index in [0.717, 1.165) is 49.5 Å². The van der Waals surface area contributed by atoms with Crippen LogP contribution < -0.4 is 9.64 Å². The minimum absolute atomic E-state index is 0.0978. The molecule has 1 heterocycles. The number of carbonyl (C=O) groups is 1. The highest BCUT2D eigenvalue weighted by molar-refractivity contribution is 5.77. The van der Waals surface area contributed by atoms with Gasteiger partial charge in [0, 0.05) is 13.0 Å². The van der Waals surface area contributed by atoms with Gasteiger partial charge in [0.15, 0.2) is 6.61 Å². The van der Waals surface area contributed by atoms with Crippen molar-refractivity contribution >= 4 is 5.91 Å². The topological polar surface area (TPSA) is 34.0 Å². The largest absolute Gasteiger partial charge is 0.483 e. The van der Waals surface area contributed by atoms with Gasteiger partial charge in [-0.3, -0.25) is 4.79 Å². The summed E-state index contributed by atoms with van der Waals surface area (Å²) in [5.74, 6) is 0.913. The molecule has 2 rings (SSSR count). The van der Waals surface area contributed by atoms with Crippen LogP contribution in [0.1, 0.15) is 17.5 Å². The zero-order valence-corrected chi connectivity index (χ0v) is 12.7. The summed E-state index contributed by atoms with van der Waals surface area (Å²) in [7, 11) is 2.18. The Balaban J connectivity index is 1.89. The number of aryl methyl sites for hydroxylation is 2. The second kappa shape index (κ2) is 6.75. The van der Waals surface area contributed by atoms with E-state index in [1.807, 2.05) is 30.9 Å². The Hall–Kier alpha value is -1.55. The van der Waals surface area contributed by atoms with E-state index in [-0.39, 0.29) is 12.5 Å². The molecule has 1 atom stereocenters. The minimum atomic E-state index is 0.0978. The van der Waals surface area contributed by atoms with E-state index in [1.165, 1.54) is 4.90 Å². The van der Waals surface area contributed by atoms with Crippen LogP contribution in [-0.4, -0.2) is 50.6 Å². The van der Waals surface area contributed by atoms with Gasteiger partial charge < -0.3 is 14.5 Å². The molecular weight excluding hydrogens is 252 g/mol. The maximum Gasteiger partial charge on any atom is 0.260 e. The summed E-state index contributed by atoms with van der Waals surface area (Å²) in [6.07, 6.45) is 1.07. The summed E-state index contributed by atoms with van der Waals surface area (Å²) < 4.78 is 5.70.